The van der Waals surface area contributed by atoms with Crippen molar-refractivity contribution in [2.75, 3.05) is 0 Å². The highest BCUT2D eigenvalue weighted by molar-refractivity contribution is 4.91. The Hall–Kier alpha value is -0.440. The highest BCUT2D eigenvalue weighted by atomic mass is 19.4. The largest absolute Gasteiger partial charge is 0.417 e. The van der Waals surface area contributed by atoms with Crippen LogP contribution in [-0.4, -0.2) is 52.3 Å². The van der Waals surface area contributed by atoms with Crippen LogP contribution in [0.1, 0.15) is 0 Å². The molecule has 3 N–H and O–H groups in total. The zero-order valence-electron chi connectivity index (χ0n) is 6.65. The quantitative estimate of drug-likeness (QED) is 0.473. The van der Waals surface area contributed by atoms with E-state index in [1.165, 1.54) is 0 Å². The second kappa shape index (κ2) is 3.61. The predicted molar refractivity (Wildman–Crippen MR) is 33.8 cm³/mol. The van der Waals surface area contributed by atoms with Gasteiger partial charge in [-0.2, -0.15) is 13.2 Å². The third-order valence-corrected chi connectivity index (χ3v) is 1.87. The van der Waals surface area contributed by atoms with Gasteiger partial charge in [0.25, 0.3) is 0 Å². The first-order valence-corrected chi connectivity index (χ1v) is 3.65. The van der Waals surface area contributed by atoms with Crippen LogP contribution < -0.4 is 0 Å². The molecule has 1 fully saturated rings. The first-order chi connectivity index (χ1) is 6.25. The first-order valence-electron chi connectivity index (χ1n) is 3.65. The Bertz CT molecular complexity index is 208. The molecule has 84 valence electrons. The summed E-state index contributed by atoms with van der Waals surface area (Å²) >= 11 is 0. The summed E-state index contributed by atoms with van der Waals surface area (Å²) in [6.45, 7) is 0. The molecule has 0 spiro atoms. The predicted octanol–water partition coefficient (Wildman–Crippen LogP) is -0.674. The van der Waals surface area contributed by atoms with E-state index in [0.717, 1.165) is 0 Å². The molecule has 0 amide bonds. The van der Waals surface area contributed by atoms with Gasteiger partial charge >= 0.3 is 6.18 Å². The van der Waals surface area contributed by atoms with E-state index in [1.54, 1.807) is 0 Å². The van der Waals surface area contributed by atoms with E-state index in [9.17, 15) is 17.6 Å². The minimum absolute atomic E-state index is 2.31. The van der Waals surface area contributed by atoms with Gasteiger partial charge in [0.05, 0.1) is 0 Å². The number of halogens is 4. The summed E-state index contributed by atoms with van der Waals surface area (Å²) < 4.78 is 52.5. The second-order valence-electron chi connectivity index (χ2n) is 2.91. The summed E-state index contributed by atoms with van der Waals surface area (Å²) in [7, 11) is 0. The topological polar surface area (TPSA) is 69.9 Å². The third kappa shape index (κ3) is 1.97. The standard InChI is InChI=1S/C6H8F4O4/c7-1-2(11)3(12)4(6(8,9)10)14-5(1)13/h1-5,11-13H/t1-,2+,3+,4-,5?/m0/s1. The van der Waals surface area contributed by atoms with E-state index in [2.05, 4.69) is 4.74 Å². The third-order valence-electron chi connectivity index (χ3n) is 1.87. The smallest absolute Gasteiger partial charge is 0.387 e. The lowest BCUT2D eigenvalue weighted by molar-refractivity contribution is -0.336. The molecule has 1 saturated heterocycles. The molecule has 0 radical (unpaired) electrons. The fraction of sp³-hybridized carbons (Fsp3) is 1.00. The van der Waals surface area contributed by atoms with Gasteiger partial charge in [-0.15, -0.1) is 0 Å². The van der Waals surface area contributed by atoms with Crippen LogP contribution in [0.25, 0.3) is 0 Å². The average Bonchev–Trinajstić information content (AvgIpc) is 2.06. The Labute approximate surface area is 75.7 Å². The van der Waals surface area contributed by atoms with Crippen molar-refractivity contribution in [2.45, 2.75) is 36.9 Å². The van der Waals surface area contributed by atoms with E-state index < -0.39 is 36.9 Å². The SMILES string of the molecule is OC1O[C@H](C(F)(F)F)[C@H](O)[C@H](O)[C@@H]1F. The minimum atomic E-state index is -4.97. The van der Waals surface area contributed by atoms with E-state index in [0.29, 0.717) is 0 Å². The molecule has 1 aliphatic rings. The maximum atomic E-state index is 12.6. The number of alkyl halides is 4. The number of hydrogen-bond acceptors (Lipinski definition) is 4. The lowest BCUT2D eigenvalue weighted by Gasteiger charge is -2.37. The summed E-state index contributed by atoms with van der Waals surface area (Å²) in [4.78, 5) is 0. The summed E-state index contributed by atoms with van der Waals surface area (Å²) in [5.74, 6) is 0. The van der Waals surface area contributed by atoms with Gasteiger partial charge in [-0.05, 0) is 0 Å². The van der Waals surface area contributed by atoms with Crippen molar-refractivity contribution < 1.29 is 37.6 Å². The number of aliphatic hydroxyl groups is 3. The maximum Gasteiger partial charge on any atom is 0.417 e. The van der Waals surface area contributed by atoms with Gasteiger partial charge in [-0.3, -0.25) is 0 Å². The van der Waals surface area contributed by atoms with Crippen LogP contribution in [0.2, 0.25) is 0 Å². The number of ether oxygens (including phenoxy) is 1. The van der Waals surface area contributed by atoms with Crippen molar-refractivity contribution in [3.63, 3.8) is 0 Å². The Kier molecular flexibility index (Phi) is 3.00. The lowest BCUT2D eigenvalue weighted by Crippen LogP contribution is -2.60. The molecule has 0 aromatic carbocycles. The highest BCUT2D eigenvalue weighted by Gasteiger charge is 2.55. The van der Waals surface area contributed by atoms with Gasteiger partial charge < -0.3 is 20.1 Å². The van der Waals surface area contributed by atoms with Crippen LogP contribution in [0.15, 0.2) is 0 Å². The molecule has 1 unspecified atom stereocenters. The Balaban J connectivity index is 2.81. The molecular formula is C6H8F4O4. The Morgan fingerprint density at radius 1 is 1.00 bits per heavy atom. The van der Waals surface area contributed by atoms with Gasteiger partial charge in [0.1, 0.15) is 12.2 Å². The molecule has 1 heterocycles. The van der Waals surface area contributed by atoms with Crippen LogP contribution in [-0.2, 0) is 4.74 Å². The van der Waals surface area contributed by atoms with Crippen molar-refractivity contribution in [1.82, 2.24) is 0 Å². The van der Waals surface area contributed by atoms with Crippen molar-refractivity contribution >= 4 is 0 Å². The molecular weight excluding hydrogens is 212 g/mol. The van der Waals surface area contributed by atoms with E-state index in [1.807, 2.05) is 0 Å². The van der Waals surface area contributed by atoms with Crippen molar-refractivity contribution in [3.8, 4) is 0 Å². The zero-order chi connectivity index (χ0) is 11.1. The molecule has 1 rings (SSSR count). The molecule has 0 saturated carbocycles. The number of rotatable bonds is 0. The molecule has 0 aromatic rings. The molecule has 4 nitrogen and oxygen atoms in total. The fourth-order valence-electron chi connectivity index (χ4n) is 1.11. The summed E-state index contributed by atoms with van der Waals surface area (Å²) in [5, 5.41) is 26.2. The van der Waals surface area contributed by atoms with Crippen LogP contribution in [0.3, 0.4) is 0 Å². The van der Waals surface area contributed by atoms with Crippen LogP contribution in [0, 0.1) is 0 Å². The minimum Gasteiger partial charge on any atom is -0.387 e. The monoisotopic (exact) mass is 220 g/mol. The van der Waals surface area contributed by atoms with Gasteiger partial charge in [0.15, 0.2) is 18.6 Å². The molecule has 8 heteroatoms. The normalized spacial score (nSPS) is 45.2. The highest BCUT2D eigenvalue weighted by Crippen LogP contribution is 2.33. The van der Waals surface area contributed by atoms with E-state index in [-0.39, 0.29) is 0 Å². The maximum absolute atomic E-state index is 12.6. The van der Waals surface area contributed by atoms with Gasteiger partial charge in [0.2, 0.25) is 0 Å². The molecule has 0 aliphatic carbocycles. The van der Waals surface area contributed by atoms with E-state index in [4.69, 9.17) is 15.3 Å². The van der Waals surface area contributed by atoms with Crippen LogP contribution in [0.4, 0.5) is 17.6 Å². The van der Waals surface area contributed by atoms with Gasteiger partial charge in [-0.25, -0.2) is 4.39 Å². The molecule has 1 aliphatic heterocycles. The van der Waals surface area contributed by atoms with Crippen molar-refractivity contribution in [3.05, 3.63) is 0 Å². The van der Waals surface area contributed by atoms with Gasteiger partial charge in [-0.1, -0.05) is 0 Å². The number of aliphatic hydroxyl groups excluding tert-OH is 3. The molecule has 0 aromatic heterocycles. The van der Waals surface area contributed by atoms with Gasteiger partial charge in [0, 0.05) is 0 Å². The summed E-state index contributed by atoms with van der Waals surface area (Å²) in [6, 6.07) is 0. The van der Waals surface area contributed by atoms with E-state index >= 15 is 0 Å². The zero-order valence-corrected chi connectivity index (χ0v) is 6.65. The van der Waals surface area contributed by atoms with Crippen LogP contribution >= 0.6 is 0 Å². The Morgan fingerprint density at radius 2 is 1.50 bits per heavy atom. The Morgan fingerprint density at radius 3 is 1.93 bits per heavy atom. The average molecular weight is 220 g/mol. The summed E-state index contributed by atoms with van der Waals surface area (Å²) in [5.41, 5.74) is 0. The van der Waals surface area contributed by atoms with Crippen molar-refractivity contribution in [2.24, 2.45) is 0 Å². The molecule has 0 bridgehead atoms. The number of hydrogen-bond donors (Lipinski definition) is 3. The summed E-state index contributed by atoms with van der Waals surface area (Å²) in [6.07, 6.45) is -17.3. The first kappa shape index (κ1) is 11.6. The fourth-order valence-corrected chi connectivity index (χ4v) is 1.11. The van der Waals surface area contributed by atoms with Crippen molar-refractivity contribution in [1.29, 1.82) is 0 Å². The second-order valence-corrected chi connectivity index (χ2v) is 2.91. The lowest BCUT2D eigenvalue weighted by atomic mass is 10.00. The van der Waals surface area contributed by atoms with Crippen LogP contribution in [0.5, 0.6) is 0 Å². The molecule has 5 atom stereocenters. The molecule has 14 heavy (non-hydrogen) atoms.